The van der Waals surface area contributed by atoms with Gasteiger partial charge in [0.1, 0.15) is 6.26 Å². The zero-order chi connectivity index (χ0) is 9.97. The van der Waals surface area contributed by atoms with Crippen LogP contribution in [0.25, 0.3) is 0 Å². The first-order valence-corrected chi connectivity index (χ1v) is 4.98. The van der Waals surface area contributed by atoms with Crippen molar-refractivity contribution in [1.82, 2.24) is 0 Å². The van der Waals surface area contributed by atoms with E-state index in [1.54, 1.807) is 12.1 Å². The summed E-state index contributed by atoms with van der Waals surface area (Å²) >= 11 is 1.42. The van der Waals surface area contributed by atoms with Gasteiger partial charge in [0.05, 0.1) is 16.7 Å². The molecule has 3 nitrogen and oxygen atoms in total. The van der Waals surface area contributed by atoms with Crippen molar-refractivity contribution in [3.8, 4) is 0 Å². The number of carbonyl (C=O) groups is 1. The number of furan rings is 1. The lowest BCUT2D eigenvalue weighted by Gasteiger charge is -1.90. The molecule has 80 valence electrons. The standard InChI is InChI=1S/C10H9NO2S.BrH/c11-5-8-1-2-9(14-8)10(12)7-3-4-13-6-7;/h1-4,6H,5,11H2;1H. The number of rotatable bonds is 3. The number of hydrogen-bond acceptors (Lipinski definition) is 4. The summed E-state index contributed by atoms with van der Waals surface area (Å²) in [5.41, 5.74) is 6.04. The number of nitrogens with two attached hydrogens (primary N) is 1. The maximum atomic E-state index is 11.7. The van der Waals surface area contributed by atoms with Crippen LogP contribution in [0, 0.1) is 0 Å². The van der Waals surface area contributed by atoms with Gasteiger partial charge in [-0.2, -0.15) is 0 Å². The molecule has 0 bridgehead atoms. The number of thiophene rings is 1. The van der Waals surface area contributed by atoms with Crippen LogP contribution in [0.1, 0.15) is 20.1 Å². The summed E-state index contributed by atoms with van der Waals surface area (Å²) < 4.78 is 4.85. The van der Waals surface area contributed by atoms with Crippen LogP contribution < -0.4 is 5.73 Å². The minimum atomic E-state index is -0.0107. The Morgan fingerprint density at radius 1 is 1.40 bits per heavy atom. The molecule has 0 saturated carbocycles. The molecule has 0 spiro atoms. The van der Waals surface area contributed by atoms with Crippen LogP contribution in [0.15, 0.2) is 35.1 Å². The topological polar surface area (TPSA) is 56.2 Å². The summed E-state index contributed by atoms with van der Waals surface area (Å²) in [5.74, 6) is -0.0107. The van der Waals surface area contributed by atoms with Crippen LogP contribution in [0.2, 0.25) is 0 Å². The lowest BCUT2D eigenvalue weighted by atomic mass is 10.2. The average molecular weight is 288 g/mol. The minimum Gasteiger partial charge on any atom is -0.472 e. The van der Waals surface area contributed by atoms with Gasteiger partial charge >= 0.3 is 0 Å². The van der Waals surface area contributed by atoms with Gasteiger partial charge in [0.25, 0.3) is 0 Å². The van der Waals surface area contributed by atoms with Crippen LogP contribution in [0.3, 0.4) is 0 Å². The summed E-state index contributed by atoms with van der Waals surface area (Å²) in [6.07, 6.45) is 2.94. The highest BCUT2D eigenvalue weighted by atomic mass is 79.9. The number of ketones is 1. The third-order valence-electron chi connectivity index (χ3n) is 1.87. The molecule has 15 heavy (non-hydrogen) atoms. The summed E-state index contributed by atoms with van der Waals surface area (Å²) in [7, 11) is 0. The predicted octanol–water partition coefficient (Wildman–Crippen LogP) is 2.61. The zero-order valence-electron chi connectivity index (χ0n) is 7.80. The van der Waals surface area contributed by atoms with Crippen LogP contribution in [0.4, 0.5) is 0 Å². The van der Waals surface area contributed by atoms with Gasteiger partial charge in [0.15, 0.2) is 0 Å². The molecule has 0 unspecified atom stereocenters. The molecule has 0 aromatic carbocycles. The molecule has 0 amide bonds. The average Bonchev–Trinajstić information content (AvgIpc) is 2.88. The van der Waals surface area contributed by atoms with Gasteiger partial charge in [0, 0.05) is 11.4 Å². The van der Waals surface area contributed by atoms with E-state index in [-0.39, 0.29) is 22.8 Å². The lowest BCUT2D eigenvalue weighted by molar-refractivity contribution is 0.104. The van der Waals surface area contributed by atoms with Crippen molar-refractivity contribution in [3.05, 3.63) is 46.0 Å². The Labute approximate surface area is 102 Å². The minimum absolute atomic E-state index is 0. The fourth-order valence-electron chi connectivity index (χ4n) is 1.15. The largest absolute Gasteiger partial charge is 0.472 e. The summed E-state index contributed by atoms with van der Waals surface area (Å²) in [6.45, 7) is 0.476. The van der Waals surface area contributed by atoms with Crippen molar-refractivity contribution in [1.29, 1.82) is 0 Å². The maximum Gasteiger partial charge on any atom is 0.206 e. The molecule has 0 radical (unpaired) electrons. The maximum absolute atomic E-state index is 11.7. The molecule has 0 aliphatic carbocycles. The van der Waals surface area contributed by atoms with Crippen molar-refractivity contribution in [3.63, 3.8) is 0 Å². The van der Waals surface area contributed by atoms with Gasteiger partial charge in [0.2, 0.25) is 5.78 Å². The Kier molecular flexibility index (Phi) is 4.26. The molecule has 2 aromatic heterocycles. The normalized spacial score (nSPS) is 9.67. The molecule has 0 aliphatic heterocycles. The van der Waals surface area contributed by atoms with E-state index in [0.29, 0.717) is 17.0 Å². The van der Waals surface area contributed by atoms with E-state index >= 15 is 0 Å². The van der Waals surface area contributed by atoms with Crippen molar-refractivity contribution in [2.45, 2.75) is 6.54 Å². The van der Waals surface area contributed by atoms with Crippen molar-refractivity contribution >= 4 is 34.1 Å². The van der Waals surface area contributed by atoms with Crippen molar-refractivity contribution < 1.29 is 9.21 Å². The highest BCUT2D eigenvalue weighted by Crippen LogP contribution is 2.19. The number of hydrogen-bond donors (Lipinski definition) is 1. The lowest BCUT2D eigenvalue weighted by Crippen LogP contribution is -1.95. The van der Waals surface area contributed by atoms with Gasteiger partial charge < -0.3 is 10.2 Å². The monoisotopic (exact) mass is 287 g/mol. The van der Waals surface area contributed by atoms with E-state index in [0.717, 1.165) is 4.88 Å². The molecule has 2 heterocycles. The van der Waals surface area contributed by atoms with Gasteiger partial charge in [-0.25, -0.2) is 0 Å². The summed E-state index contributed by atoms with van der Waals surface area (Å²) in [4.78, 5) is 13.5. The quantitative estimate of drug-likeness (QED) is 0.883. The smallest absolute Gasteiger partial charge is 0.206 e. The Balaban J connectivity index is 0.00000112. The fraction of sp³-hybridized carbons (Fsp3) is 0.100. The fourth-order valence-corrected chi connectivity index (χ4v) is 1.99. The third kappa shape index (κ3) is 2.56. The van der Waals surface area contributed by atoms with Crippen LogP contribution in [0.5, 0.6) is 0 Å². The molecule has 0 aliphatic rings. The van der Waals surface area contributed by atoms with E-state index < -0.39 is 0 Å². The van der Waals surface area contributed by atoms with Crippen molar-refractivity contribution in [2.24, 2.45) is 5.73 Å². The van der Waals surface area contributed by atoms with E-state index in [1.807, 2.05) is 6.07 Å². The van der Waals surface area contributed by atoms with Gasteiger partial charge in [-0.3, -0.25) is 4.79 Å². The highest BCUT2D eigenvalue weighted by molar-refractivity contribution is 8.93. The second-order valence-corrected chi connectivity index (χ2v) is 3.98. The van der Waals surface area contributed by atoms with E-state index in [4.69, 9.17) is 10.2 Å². The van der Waals surface area contributed by atoms with Gasteiger partial charge in [-0.05, 0) is 18.2 Å². The molecule has 2 N–H and O–H groups in total. The van der Waals surface area contributed by atoms with Gasteiger partial charge in [-0.15, -0.1) is 28.3 Å². The molecule has 0 saturated heterocycles. The molecule has 5 heteroatoms. The molecule has 0 fully saturated rings. The van der Waals surface area contributed by atoms with E-state index in [1.165, 1.54) is 23.9 Å². The first-order chi connectivity index (χ1) is 6.81. The Bertz CT molecular complexity index is 436. The molecule has 2 rings (SSSR count). The second kappa shape index (κ2) is 5.25. The molecule has 0 atom stereocenters. The highest BCUT2D eigenvalue weighted by Gasteiger charge is 2.12. The third-order valence-corrected chi connectivity index (χ3v) is 2.98. The molecular formula is C10H10BrNO2S. The van der Waals surface area contributed by atoms with Crippen molar-refractivity contribution in [2.75, 3.05) is 0 Å². The second-order valence-electron chi connectivity index (χ2n) is 2.81. The first kappa shape index (κ1) is 12.2. The van der Waals surface area contributed by atoms with Crippen LogP contribution in [-0.4, -0.2) is 5.78 Å². The SMILES string of the molecule is Br.NCc1ccc(C(=O)c2ccoc2)s1. The number of carbonyl (C=O) groups excluding carboxylic acids is 1. The van der Waals surface area contributed by atoms with Crippen LogP contribution >= 0.6 is 28.3 Å². The zero-order valence-corrected chi connectivity index (χ0v) is 10.3. The Morgan fingerprint density at radius 2 is 2.20 bits per heavy atom. The Hall–Kier alpha value is -0.910. The number of halogens is 1. The predicted molar refractivity (Wildman–Crippen MR) is 64.7 cm³/mol. The van der Waals surface area contributed by atoms with E-state index in [9.17, 15) is 4.79 Å². The summed E-state index contributed by atoms with van der Waals surface area (Å²) in [6, 6.07) is 5.32. The van der Waals surface area contributed by atoms with Crippen LogP contribution in [-0.2, 0) is 6.54 Å². The van der Waals surface area contributed by atoms with E-state index in [2.05, 4.69) is 0 Å². The van der Waals surface area contributed by atoms with Gasteiger partial charge in [-0.1, -0.05) is 0 Å². The summed E-state index contributed by atoms with van der Waals surface area (Å²) in [5, 5.41) is 0. The molecule has 2 aromatic rings. The molecular weight excluding hydrogens is 278 g/mol. The Morgan fingerprint density at radius 3 is 2.73 bits per heavy atom. The first-order valence-electron chi connectivity index (χ1n) is 4.17.